The van der Waals surface area contributed by atoms with Crippen molar-refractivity contribution in [3.8, 4) is 11.5 Å². The summed E-state index contributed by atoms with van der Waals surface area (Å²) >= 11 is 0. The highest BCUT2D eigenvalue weighted by Gasteiger charge is 2.25. The summed E-state index contributed by atoms with van der Waals surface area (Å²) in [5, 5.41) is 17.0. The van der Waals surface area contributed by atoms with Gasteiger partial charge in [-0.3, -0.25) is 0 Å². The normalized spacial score (nSPS) is 11.5. The van der Waals surface area contributed by atoms with Crippen molar-refractivity contribution in [2.45, 2.75) is 32.6 Å². The maximum absolute atomic E-state index is 10.9. The molecule has 0 fully saturated rings. The van der Waals surface area contributed by atoms with Crippen LogP contribution in [0.4, 0.5) is 0 Å². The fraction of sp³-hybridized carbons (Fsp3) is 0.357. The van der Waals surface area contributed by atoms with Crippen LogP contribution >= 0.6 is 0 Å². The molecular weight excluding hydrogens is 244 g/mol. The highest BCUT2D eigenvalue weighted by Crippen LogP contribution is 2.28. The molecule has 1 aromatic heterocycles. The van der Waals surface area contributed by atoms with Crippen molar-refractivity contribution in [1.82, 2.24) is 10.2 Å². The first-order chi connectivity index (χ1) is 8.94. The molecule has 5 nitrogen and oxygen atoms in total. The molecule has 0 unspecified atom stereocenters. The second-order valence-corrected chi connectivity index (χ2v) is 5.04. The first-order valence-electron chi connectivity index (χ1n) is 6.12. The minimum absolute atomic E-state index is 0.185. The first-order valence-corrected chi connectivity index (χ1v) is 6.12. The number of benzene rings is 1. The van der Waals surface area contributed by atoms with Gasteiger partial charge in [0, 0.05) is 11.0 Å². The summed E-state index contributed by atoms with van der Waals surface area (Å²) in [6.07, 6.45) is 0.879. The molecule has 19 heavy (non-hydrogen) atoms. The Morgan fingerprint density at radius 1 is 1.37 bits per heavy atom. The van der Waals surface area contributed by atoms with E-state index in [2.05, 4.69) is 17.1 Å². The summed E-state index contributed by atoms with van der Waals surface area (Å²) in [6, 6.07) is 6.47. The average molecular weight is 260 g/mol. The van der Waals surface area contributed by atoms with Crippen LogP contribution in [-0.4, -0.2) is 21.3 Å². The summed E-state index contributed by atoms with van der Waals surface area (Å²) in [5.74, 6) is -0.0687. The van der Waals surface area contributed by atoms with Crippen LogP contribution in [0.5, 0.6) is 0 Å². The van der Waals surface area contributed by atoms with Crippen LogP contribution in [0, 0.1) is 0 Å². The molecule has 2 rings (SSSR count). The number of carboxylic acid groups (broad SMARTS) is 1. The van der Waals surface area contributed by atoms with E-state index in [4.69, 9.17) is 9.52 Å². The van der Waals surface area contributed by atoms with Crippen molar-refractivity contribution in [2.24, 2.45) is 0 Å². The van der Waals surface area contributed by atoms with Crippen molar-refractivity contribution in [2.75, 3.05) is 0 Å². The summed E-state index contributed by atoms with van der Waals surface area (Å²) in [4.78, 5) is 10.9. The van der Waals surface area contributed by atoms with Gasteiger partial charge in [0.1, 0.15) is 0 Å². The third kappa shape index (κ3) is 2.65. The Morgan fingerprint density at radius 2 is 2.11 bits per heavy atom. The molecule has 1 aromatic carbocycles. The molecule has 0 bridgehead atoms. The van der Waals surface area contributed by atoms with Gasteiger partial charge in [-0.2, -0.15) is 0 Å². The van der Waals surface area contributed by atoms with Gasteiger partial charge >= 0.3 is 5.97 Å². The highest BCUT2D eigenvalue weighted by molar-refractivity contribution is 5.88. The monoisotopic (exact) mass is 260 g/mol. The quantitative estimate of drug-likeness (QED) is 0.913. The Bertz CT molecular complexity index is 602. The third-order valence-electron chi connectivity index (χ3n) is 3.24. The standard InChI is InChI=1S/C14H16N2O3/c1-4-14(2,3)13-16-15-11(19-13)9-6-5-7-10(8-9)12(17)18/h5-8H,4H2,1-3H3,(H,17,18). The fourth-order valence-electron chi connectivity index (χ4n) is 1.55. The van der Waals surface area contributed by atoms with E-state index in [0.29, 0.717) is 17.3 Å². The van der Waals surface area contributed by atoms with E-state index in [0.717, 1.165) is 6.42 Å². The second-order valence-electron chi connectivity index (χ2n) is 5.04. The van der Waals surface area contributed by atoms with E-state index in [-0.39, 0.29) is 11.0 Å². The summed E-state index contributed by atoms with van der Waals surface area (Å²) in [7, 11) is 0. The molecule has 0 saturated carbocycles. The first kappa shape index (κ1) is 13.3. The molecular formula is C14H16N2O3. The van der Waals surface area contributed by atoms with Gasteiger partial charge in [-0.1, -0.05) is 26.8 Å². The molecule has 2 aromatic rings. The van der Waals surface area contributed by atoms with E-state index in [1.807, 2.05) is 13.8 Å². The maximum atomic E-state index is 10.9. The number of aromatic nitrogens is 2. The minimum atomic E-state index is -0.976. The van der Waals surface area contributed by atoms with Crippen LogP contribution in [0.3, 0.4) is 0 Å². The van der Waals surface area contributed by atoms with Gasteiger partial charge in [0.15, 0.2) is 0 Å². The number of nitrogens with zero attached hydrogens (tertiary/aromatic N) is 2. The van der Waals surface area contributed by atoms with Gasteiger partial charge in [-0.05, 0) is 24.6 Å². The number of hydrogen-bond donors (Lipinski definition) is 1. The van der Waals surface area contributed by atoms with Crippen LogP contribution in [-0.2, 0) is 5.41 Å². The van der Waals surface area contributed by atoms with Gasteiger partial charge in [-0.25, -0.2) is 4.79 Å². The molecule has 0 radical (unpaired) electrons. The van der Waals surface area contributed by atoms with E-state index in [9.17, 15) is 4.79 Å². The van der Waals surface area contributed by atoms with Crippen LogP contribution in [0.25, 0.3) is 11.5 Å². The van der Waals surface area contributed by atoms with E-state index in [1.54, 1.807) is 12.1 Å². The Kier molecular flexibility index (Phi) is 3.38. The van der Waals surface area contributed by atoms with Gasteiger partial charge < -0.3 is 9.52 Å². The highest BCUT2D eigenvalue weighted by atomic mass is 16.4. The van der Waals surface area contributed by atoms with Crippen LogP contribution in [0.15, 0.2) is 28.7 Å². The Hall–Kier alpha value is -2.17. The van der Waals surface area contributed by atoms with Crippen molar-refractivity contribution in [3.05, 3.63) is 35.7 Å². The summed E-state index contributed by atoms with van der Waals surface area (Å²) < 4.78 is 5.64. The molecule has 0 amide bonds. The molecule has 0 saturated heterocycles. The smallest absolute Gasteiger partial charge is 0.335 e. The zero-order valence-electron chi connectivity index (χ0n) is 11.2. The van der Waals surface area contributed by atoms with E-state index < -0.39 is 5.97 Å². The van der Waals surface area contributed by atoms with Crippen molar-refractivity contribution in [3.63, 3.8) is 0 Å². The topological polar surface area (TPSA) is 76.2 Å². The number of carboxylic acids is 1. The number of hydrogen-bond acceptors (Lipinski definition) is 4. The number of aromatic carboxylic acids is 1. The Labute approximate surface area is 111 Å². The zero-order valence-corrected chi connectivity index (χ0v) is 11.2. The SMILES string of the molecule is CCC(C)(C)c1nnc(-c2cccc(C(=O)O)c2)o1. The van der Waals surface area contributed by atoms with Gasteiger partial charge in [0.05, 0.1) is 5.56 Å². The minimum Gasteiger partial charge on any atom is -0.478 e. The largest absolute Gasteiger partial charge is 0.478 e. The molecule has 0 spiro atoms. The third-order valence-corrected chi connectivity index (χ3v) is 3.24. The number of rotatable bonds is 4. The average Bonchev–Trinajstić information content (AvgIpc) is 2.89. The zero-order chi connectivity index (χ0) is 14.0. The predicted molar refractivity (Wildman–Crippen MR) is 70.0 cm³/mol. The Balaban J connectivity index is 2.38. The second kappa shape index (κ2) is 4.84. The predicted octanol–water partition coefficient (Wildman–Crippen LogP) is 3.12. The van der Waals surface area contributed by atoms with Crippen LogP contribution < -0.4 is 0 Å². The van der Waals surface area contributed by atoms with Crippen LogP contribution in [0.1, 0.15) is 43.4 Å². The fourth-order valence-corrected chi connectivity index (χ4v) is 1.55. The Morgan fingerprint density at radius 3 is 2.74 bits per heavy atom. The van der Waals surface area contributed by atoms with Crippen molar-refractivity contribution in [1.29, 1.82) is 0 Å². The summed E-state index contributed by atoms with van der Waals surface area (Å²) in [5.41, 5.74) is 0.632. The van der Waals surface area contributed by atoms with Crippen LogP contribution in [0.2, 0.25) is 0 Å². The van der Waals surface area contributed by atoms with E-state index in [1.165, 1.54) is 12.1 Å². The van der Waals surface area contributed by atoms with Crippen molar-refractivity contribution < 1.29 is 14.3 Å². The number of carbonyl (C=O) groups is 1. The maximum Gasteiger partial charge on any atom is 0.335 e. The lowest BCUT2D eigenvalue weighted by atomic mass is 9.90. The lowest BCUT2D eigenvalue weighted by molar-refractivity contribution is 0.0697. The molecule has 0 aliphatic rings. The van der Waals surface area contributed by atoms with Crippen molar-refractivity contribution >= 4 is 5.97 Å². The molecule has 1 N–H and O–H groups in total. The molecule has 100 valence electrons. The van der Waals surface area contributed by atoms with Gasteiger partial charge in [-0.15, -0.1) is 10.2 Å². The van der Waals surface area contributed by atoms with Gasteiger partial charge in [0.25, 0.3) is 0 Å². The van der Waals surface area contributed by atoms with E-state index >= 15 is 0 Å². The molecule has 0 aliphatic heterocycles. The molecule has 5 heteroatoms. The van der Waals surface area contributed by atoms with Gasteiger partial charge in [0.2, 0.25) is 11.8 Å². The lowest BCUT2D eigenvalue weighted by Crippen LogP contribution is -2.15. The molecule has 0 atom stereocenters. The molecule has 0 aliphatic carbocycles. The summed E-state index contributed by atoms with van der Waals surface area (Å²) in [6.45, 7) is 6.10. The molecule has 1 heterocycles. The lowest BCUT2D eigenvalue weighted by Gasteiger charge is -2.16.